The van der Waals surface area contributed by atoms with Gasteiger partial charge in [0, 0.05) is 13.1 Å². The number of ether oxygens (including phenoxy) is 2. The number of amides is 4. The highest BCUT2D eigenvalue weighted by Crippen LogP contribution is 2.34. The van der Waals surface area contributed by atoms with Crippen molar-refractivity contribution in [3.05, 3.63) is 71.6 Å². The summed E-state index contributed by atoms with van der Waals surface area (Å²) in [5.74, 6) is 0.965. The molecule has 2 aliphatic heterocycles. The first-order chi connectivity index (χ1) is 26.0. The van der Waals surface area contributed by atoms with Gasteiger partial charge in [-0.1, -0.05) is 64.1 Å². The predicted octanol–water partition coefficient (Wildman–Crippen LogP) is 6.21. The van der Waals surface area contributed by atoms with Gasteiger partial charge in [-0.15, -0.1) is 0 Å². The van der Waals surface area contributed by atoms with E-state index >= 15 is 0 Å². The lowest BCUT2D eigenvalue weighted by Crippen LogP contribution is -2.51. The Morgan fingerprint density at radius 3 is 1.87 bits per heavy atom. The van der Waals surface area contributed by atoms with Gasteiger partial charge in [-0.25, -0.2) is 19.6 Å². The Hall–Kier alpha value is -5.66. The molecule has 0 spiro atoms. The first kappa shape index (κ1) is 38.1. The van der Waals surface area contributed by atoms with Gasteiger partial charge in [0.15, 0.2) is 0 Å². The number of aromatic amines is 2. The summed E-state index contributed by atoms with van der Waals surface area (Å²) < 4.78 is 9.50. The van der Waals surface area contributed by atoms with Crippen molar-refractivity contribution in [3.8, 4) is 11.1 Å². The second-order valence-corrected chi connectivity index (χ2v) is 14.6. The second kappa shape index (κ2) is 16.6. The third kappa shape index (κ3) is 8.27. The highest BCUT2D eigenvalue weighted by molar-refractivity contribution is 5.88. The third-order valence-electron chi connectivity index (χ3n) is 10.3. The summed E-state index contributed by atoms with van der Waals surface area (Å²) in [6, 6.07) is 12.6. The zero-order valence-electron chi connectivity index (χ0n) is 31.7. The lowest BCUT2D eigenvalue weighted by Gasteiger charge is -2.29. The molecule has 2 aromatic carbocycles. The van der Waals surface area contributed by atoms with E-state index in [2.05, 4.69) is 55.9 Å². The Kier molecular flexibility index (Phi) is 11.7. The molecule has 4 unspecified atom stereocenters. The summed E-state index contributed by atoms with van der Waals surface area (Å²) in [5.41, 5.74) is 5.62. The molecule has 2 fully saturated rings. The summed E-state index contributed by atoms with van der Waals surface area (Å²) >= 11 is 0. The summed E-state index contributed by atoms with van der Waals surface area (Å²) in [4.78, 5) is 70.8. The highest BCUT2D eigenvalue weighted by atomic mass is 16.5. The van der Waals surface area contributed by atoms with Crippen LogP contribution in [0.4, 0.5) is 9.59 Å². The number of carbonyl (C=O) groups excluding carboxylic acids is 4. The molecule has 0 saturated carbocycles. The number of hydrogen-bond donors (Lipinski definition) is 4. The lowest BCUT2D eigenvalue weighted by atomic mass is 10.0. The van der Waals surface area contributed by atoms with Gasteiger partial charge in [0.05, 0.1) is 49.2 Å². The standard InChI is InChI=1S/C40H50N8O6/c1-23(2)33(45-39(51)53-5)37(49)47-19-7-9-31(47)35-41-22-28(42-35)17-13-25-11-14-26(15-12-25)27-16-18-29-30(21-27)44-36(43-29)32-10-8-20-48(32)38(50)34(24(3)4)46-40(52)54-6/h11-18,21-24,31-34H,7-10,19-20H2,1-6H3,(H,41,42)(H,43,44)(H,45,51)(H,46,52)/b17-13+. The Balaban J connectivity index is 1.11. The van der Waals surface area contributed by atoms with Crippen molar-refractivity contribution in [1.29, 1.82) is 0 Å². The smallest absolute Gasteiger partial charge is 0.407 e. The summed E-state index contributed by atoms with van der Waals surface area (Å²) in [6.45, 7) is 8.79. The Bertz CT molecular complexity index is 2000. The number of rotatable bonds is 11. The Morgan fingerprint density at radius 1 is 0.759 bits per heavy atom. The molecule has 14 heteroatoms. The van der Waals surface area contributed by atoms with Crippen molar-refractivity contribution in [3.63, 3.8) is 0 Å². The van der Waals surface area contributed by atoms with Crippen LogP contribution in [-0.2, 0) is 19.1 Å². The number of likely N-dealkylation sites (tertiary alicyclic amines) is 2. The van der Waals surface area contributed by atoms with Gasteiger partial charge < -0.3 is 39.9 Å². The van der Waals surface area contributed by atoms with Gasteiger partial charge in [0.1, 0.15) is 23.7 Å². The summed E-state index contributed by atoms with van der Waals surface area (Å²) in [7, 11) is 2.58. The van der Waals surface area contributed by atoms with Crippen LogP contribution in [-0.4, -0.2) is 93.1 Å². The summed E-state index contributed by atoms with van der Waals surface area (Å²) in [5, 5.41) is 5.38. The molecule has 0 radical (unpaired) electrons. The topological polar surface area (TPSA) is 175 Å². The average molecular weight is 739 g/mol. The second-order valence-electron chi connectivity index (χ2n) is 14.6. The van der Waals surface area contributed by atoms with Crippen LogP contribution >= 0.6 is 0 Å². The van der Waals surface area contributed by atoms with Crippen LogP contribution in [0.25, 0.3) is 34.3 Å². The quantitative estimate of drug-likeness (QED) is 0.141. The van der Waals surface area contributed by atoms with Crippen LogP contribution < -0.4 is 10.6 Å². The van der Waals surface area contributed by atoms with Gasteiger partial charge in [0.2, 0.25) is 11.8 Å². The van der Waals surface area contributed by atoms with E-state index in [4.69, 9.17) is 14.5 Å². The van der Waals surface area contributed by atoms with E-state index in [9.17, 15) is 19.2 Å². The number of imidazole rings is 2. The number of fused-ring (bicyclic) bond motifs is 1. The van der Waals surface area contributed by atoms with Crippen LogP contribution in [0.2, 0.25) is 0 Å². The van der Waals surface area contributed by atoms with Crippen molar-refractivity contribution < 1.29 is 28.7 Å². The molecule has 0 aliphatic carbocycles. The Morgan fingerprint density at radius 2 is 1.31 bits per heavy atom. The number of nitrogens with zero attached hydrogens (tertiary/aromatic N) is 4. The van der Waals surface area contributed by atoms with E-state index in [1.165, 1.54) is 14.2 Å². The van der Waals surface area contributed by atoms with Gasteiger partial charge >= 0.3 is 12.2 Å². The minimum absolute atomic E-state index is 0.102. The summed E-state index contributed by atoms with van der Waals surface area (Å²) in [6.07, 6.45) is 7.76. The number of alkyl carbamates (subject to hydrolysis) is 2. The van der Waals surface area contributed by atoms with Crippen molar-refractivity contribution in [2.75, 3.05) is 27.3 Å². The van der Waals surface area contributed by atoms with Crippen LogP contribution in [0.15, 0.2) is 48.7 Å². The van der Waals surface area contributed by atoms with Crippen LogP contribution in [0.3, 0.4) is 0 Å². The zero-order valence-corrected chi connectivity index (χ0v) is 31.7. The molecule has 4 aromatic rings. The molecular formula is C40H50N8O6. The first-order valence-electron chi connectivity index (χ1n) is 18.6. The van der Waals surface area contributed by atoms with Gasteiger partial charge in [0.25, 0.3) is 0 Å². The number of carbonyl (C=O) groups is 4. The maximum absolute atomic E-state index is 13.6. The normalized spacial score (nSPS) is 18.4. The molecule has 4 heterocycles. The van der Waals surface area contributed by atoms with Crippen molar-refractivity contribution in [2.45, 2.75) is 77.5 Å². The van der Waals surface area contributed by atoms with E-state index in [1.807, 2.05) is 56.9 Å². The van der Waals surface area contributed by atoms with E-state index < -0.39 is 24.3 Å². The van der Waals surface area contributed by atoms with Gasteiger partial charge in [-0.2, -0.15) is 0 Å². The van der Waals surface area contributed by atoms with E-state index in [0.717, 1.165) is 70.7 Å². The van der Waals surface area contributed by atoms with E-state index in [-0.39, 0.29) is 35.7 Å². The molecule has 286 valence electrons. The minimum Gasteiger partial charge on any atom is -0.453 e. The van der Waals surface area contributed by atoms with Crippen molar-refractivity contribution in [1.82, 2.24) is 40.4 Å². The number of H-pyrrole nitrogens is 2. The molecule has 4 atom stereocenters. The number of benzene rings is 2. The molecular weight excluding hydrogens is 688 g/mol. The fourth-order valence-corrected chi connectivity index (χ4v) is 7.33. The maximum Gasteiger partial charge on any atom is 0.407 e. The lowest BCUT2D eigenvalue weighted by molar-refractivity contribution is -0.136. The SMILES string of the molecule is COC(=O)NC(C(=O)N1CCCC1c1ncc(/C=C/c2ccc(-c3ccc4nc(C5CCCN5C(=O)C(NC(=O)OC)C(C)C)[nH]c4c3)cc2)[nH]1)C(C)C. The van der Waals surface area contributed by atoms with Gasteiger partial charge in [-0.3, -0.25) is 9.59 Å². The molecule has 4 amide bonds. The number of hydrogen-bond acceptors (Lipinski definition) is 8. The highest BCUT2D eigenvalue weighted by Gasteiger charge is 2.39. The fourth-order valence-electron chi connectivity index (χ4n) is 7.33. The van der Waals surface area contributed by atoms with Crippen molar-refractivity contribution >= 4 is 47.2 Å². The Labute approximate surface area is 315 Å². The van der Waals surface area contributed by atoms with Crippen LogP contribution in [0.5, 0.6) is 0 Å². The maximum atomic E-state index is 13.6. The molecule has 14 nitrogen and oxygen atoms in total. The molecule has 0 bridgehead atoms. The molecule has 6 rings (SSSR count). The van der Waals surface area contributed by atoms with Crippen LogP contribution in [0, 0.1) is 11.8 Å². The zero-order chi connectivity index (χ0) is 38.5. The first-order valence-corrected chi connectivity index (χ1v) is 18.6. The monoisotopic (exact) mass is 738 g/mol. The average Bonchev–Trinajstić information content (AvgIpc) is 4.00. The fraction of sp³-hybridized carbons (Fsp3) is 0.450. The molecule has 2 aliphatic rings. The van der Waals surface area contributed by atoms with E-state index in [1.54, 1.807) is 11.1 Å². The van der Waals surface area contributed by atoms with Crippen LogP contribution in [0.1, 0.15) is 88.4 Å². The molecule has 2 saturated heterocycles. The molecule has 4 N–H and O–H groups in total. The number of aromatic nitrogens is 4. The van der Waals surface area contributed by atoms with E-state index in [0.29, 0.717) is 13.1 Å². The predicted molar refractivity (Wildman–Crippen MR) is 205 cm³/mol. The number of methoxy groups -OCH3 is 2. The largest absolute Gasteiger partial charge is 0.453 e. The minimum atomic E-state index is -0.689. The number of nitrogens with one attached hydrogen (secondary N) is 4. The van der Waals surface area contributed by atoms with Gasteiger partial charge in [-0.05, 0) is 72.4 Å². The van der Waals surface area contributed by atoms with Crippen molar-refractivity contribution in [2.24, 2.45) is 11.8 Å². The molecule has 2 aromatic heterocycles. The molecule has 54 heavy (non-hydrogen) atoms. The third-order valence-corrected chi connectivity index (χ3v) is 10.3.